The van der Waals surface area contributed by atoms with Crippen LogP contribution in [-0.4, -0.2) is 32.1 Å². The number of nitrogens with zero attached hydrogens (tertiary/aromatic N) is 3. The van der Waals surface area contributed by atoms with Crippen molar-refractivity contribution in [3.63, 3.8) is 0 Å². The van der Waals surface area contributed by atoms with Crippen molar-refractivity contribution in [2.24, 2.45) is 0 Å². The molecule has 3 aromatic carbocycles. The third-order valence-electron chi connectivity index (χ3n) is 5.80. The van der Waals surface area contributed by atoms with Gasteiger partial charge in [-0.05, 0) is 41.0 Å². The number of halogens is 1. The monoisotopic (exact) mass is 545 g/mol. The SMILES string of the molecule is O=C(/C=C/c1ccccc1)C1=C(O)C(=O)N(c2nnc(SCc3ccccc3F)s2)C1c1cccc(O)c1. The van der Waals surface area contributed by atoms with Gasteiger partial charge in [-0.15, -0.1) is 10.2 Å². The van der Waals surface area contributed by atoms with E-state index in [-0.39, 0.29) is 22.3 Å². The Hall–Kier alpha value is -4.28. The maximum Gasteiger partial charge on any atom is 0.296 e. The molecule has 2 N–H and O–H groups in total. The van der Waals surface area contributed by atoms with Crippen molar-refractivity contribution in [1.29, 1.82) is 0 Å². The Balaban J connectivity index is 1.47. The van der Waals surface area contributed by atoms with Crippen LogP contribution >= 0.6 is 23.1 Å². The molecule has 0 bridgehead atoms. The standard InChI is InChI=1S/C28H20FN3O4S2/c29-21-12-5-4-9-19(21)16-37-28-31-30-27(38-28)32-24(18-10-6-11-20(33)15-18)23(25(35)26(32)36)22(34)14-13-17-7-2-1-3-8-17/h1-15,24,33,35H,16H2/b14-13+. The molecule has 10 heteroatoms. The second-order valence-corrected chi connectivity index (χ2v) is 10.5. The van der Waals surface area contributed by atoms with E-state index in [1.807, 2.05) is 30.3 Å². The van der Waals surface area contributed by atoms with Gasteiger partial charge in [0.05, 0.1) is 11.6 Å². The number of thioether (sulfide) groups is 1. The molecule has 5 rings (SSSR count). The summed E-state index contributed by atoms with van der Waals surface area (Å²) in [6.07, 6.45) is 2.89. The molecule has 0 spiro atoms. The van der Waals surface area contributed by atoms with Crippen molar-refractivity contribution in [3.05, 3.63) is 119 Å². The third-order valence-corrected chi connectivity index (χ3v) is 7.90. The van der Waals surface area contributed by atoms with Crippen molar-refractivity contribution >= 4 is 46.0 Å². The molecule has 1 aromatic heterocycles. The molecule has 38 heavy (non-hydrogen) atoms. The Morgan fingerprint density at radius 1 is 1.03 bits per heavy atom. The van der Waals surface area contributed by atoms with Gasteiger partial charge in [-0.3, -0.25) is 14.5 Å². The predicted octanol–water partition coefficient (Wildman–Crippen LogP) is 5.86. The molecule has 0 aliphatic carbocycles. The Labute approximate surface area is 225 Å². The lowest BCUT2D eigenvalue weighted by Crippen LogP contribution is -2.30. The van der Waals surface area contributed by atoms with E-state index in [0.29, 0.717) is 21.2 Å². The van der Waals surface area contributed by atoms with Crippen LogP contribution < -0.4 is 4.90 Å². The zero-order valence-electron chi connectivity index (χ0n) is 19.7. The number of benzene rings is 3. The first-order valence-corrected chi connectivity index (χ1v) is 13.3. The molecule has 0 saturated carbocycles. The first kappa shape index (κ1) is 25.4. The first-order valence-electron chi connectivity index (χ1n) is 11.4. The highest BCUT2D eigenvalue weighted by atomic mass is 32.2. The van der Waals surface area contributed by atoms with Crippen molar-refractivity contribution in [3.8, 4) is 5.75 Å². The van der Waals surface area contributed by atoms with Gasteiger partial charge in [0.25, 0.3) is 5.91 Å². The van der Waals surface area contributed by atoms with Gasteiger partial charge in [0.15, 0.2) is 15.9 Å². The molecular weight excluding hydrogens is 525 g/mol. The first-order chi connectivity index (χ1) is 18.4. The fraction of sp³-hybridized carbons (Fsp3) is 0.0714. The average Bonchev–Trinajstić information content (AvgIpc) is 3.49. The number of carbonyl (C=O) groups excluding carboxylic acids is 2. The van der Waals surface area contributed by atoms with Crippen molar-refractivity contribution < 1.29 is 24.2 Å². The van der Waals surface area contributed by atoms with Crippen LogP contribution in [0.2, 0.25) is 0 Å². The zero-order valence-corrected chi connectivity index (χ0v) is 21.3. The predicted molar refractivity (Wildman–Crippen MR) is 144 cm³/mol. The minimum atomic E-state index is -1.04. The molecule has 1 amide bonds. The number of rotatable bonds is 8. The van der Waals surface area contributed by atoms with Gasteiger partial charge >= 0.3 is 0 Å². The molecular formula is C28H20FN3O4S2. The second kappa shape index (κ2) is 11.0. The normalized spacial score (nSPS) is 15.6. The van der Waals surface area contributed by atoms with Crippen LogP contribution in [0, 0.1) is 5.82 Å². The van der Waals surface area contributed by atoms with E-state index < -0.39 is 23.5 Å². The van der Waals surface area contributed by atoms with Crippen LogP contribution in [0.4, 0.5) is 9.52 Å². The quantitative estimate of drug-likeness (QED) is 0.162. The summed E-state index contributed by atoms with van der Waals surface area (Å²) in [5.74, 6) is -2.15. The molecule has 1 atom stereocenters. The fourth-order valence-electron chi connectivity index (χ4n) is 4.00. The Morgan fingerprint density at radius 3 is 2.55 bits per heavy atom. The second-order valence-electron chi connectivity index (χ2n) is 8.27. The summed E-state index contributed by atoms with van der Waals surface area (Å²) in [7, 11) is 0. The number of aromatic nitrogens is 2. The van der Waals surface area contributed by atoms with Crippen molar-refractivity contribution in [2.75, 3.05) is 4.90 Å². The van der Waals surface area contributed by atoms with Gasteiger partial charge in [-0.1, -0.05) is 89.8 Å². The number of aromatic hydroxyl groups is 1. The molecule has 190 valence electrons. The number of amides is 1. The van der Waals surface area contributed by atoms with Crippen LogP contribution in [0.3, 0.4) is 0 Å². The van der Waals surface area contributed by atoms with E-state index in [9.17, 15) is 24.2 Å². The molecule has 7 nitrogen and oxygen atoms in total. The number of hydrogen-bond acceptors (Lipinski definition) is 8. The summed E-state index contributed by atoms with van der Waals surface area (Å²) >= 11 is 2.34. The van der Waals surface area contributed by atoms with Gasteiger partial charge in [0.2, 0.25) is 5.13 Å². The van der Waals surface area contributed by atoms with Crippen LogP contribution in [0.25, 0.3) is 6.08 Å². The van der Waals surface area contributed by atoms with Crippen molar-refractivity contribution in [2.45, 2.75) is 16.1 Å². The molecule has 1 unspecified atom stereocenters. The Kier molecular flexibility index (Phi) is 7.34. The summed E-state index contributed by atoms with van der Waals surface area (Å²) in [4.78, 5) is 27.7. The van der Waals surface area contributed by atoms with E-state index in [2.05, 4.69) is 10.2 Å². The lowest BCUT2D eigenvalue weighted by Gasteiger charge is -2.23. The summed E-state index contributed by atoms with van der Waals surface area (Å²) in [6.45, 7) is 0. The van der Waals surface area contributed by atoms with Crippen LogP contribution in [0.5, 0.6) is 5.75 Å². The van der Waals surface area contributed by atoms with Crippen LogP contribution in [-0.2, 0) is 15.3 Å². The van der Waals surface area contributed by atoms with E-state index >= 15 is 0 Å². The summed E-state index contributed by atoms with van der Waals surface area (Å²) in [5.41, 5.74) is 1.55. The number of carbonyl (C=O) groups is 2. The number of allylic oxidation sites excluding steroid dienone is 1. The average molecular weight is 546 g/mol. The van der Waals surface area contributed by atoms with Crippen LogP contribution in [0.15, 0.2) is 101 Å². The van der Waals surface area contributed by atoms with Gasteiger partial charge in [0, 0.05) is 5.75 Å². The van der Waals surface area contributed by atoms with Gasteiger partial charge in [-0.2, -0.15) is 0 Å². The Bertz CT molecular complexity index is 1570. The molecule has 0 saturated heterocycles. The number of aliphatic hydroxyl groups excluding tert-OH is 1. The lowest BCUT2D eigenvalue weighted by atomic mass is 9.95. The van der Waals surface area contributed by atoms with E-state index in [1.165, 1.54) is 40.9 Å². The molecule has 1 aliphatic heterocycles. The number of phenols is 1. The van der Waals surface area contributed by atoms with E-state index in [1.54, 1.807) is 36.4 Å². The number of phenolic OH excluding ortho intramolecular Hbond substituents is 1. The highest BCUT2D eigenvalue weighted by Gasteiger charge is 2.45. The lowest BCUT2D eigenvalue weighted by molar-refractivity contribution is -0.117. The largest absolute Gasteiger partial charge is 0.508 e. The number of anilines is 1. The molecule has 0 fully saturated rings. The molecule has 4 aromatic rings. The van der Waals surface area contributed by atoms with Gasteiger partial charge in [-0.25, -0.2) is 4.39 Å². The minimum absolute atomic E-state index is 0.0636. The highest BCUT2D eigenvalue weighted by molar-refractivity contribution is 8.00. The number of ketones is 1. The van der Waals surface area contributed by atoms with E-state index in [0.717, 1.165) is 16.9 Å². The number of aliphatic hydroxyl groups is 1. The smallest absolute Gasteiger partial charge is 0.296 e. The summed E-state index contributed by atoms with van der Waals surface area (Å²) < 4.78 is 14.5. The van der Waals surface area contributed by atoms with E-state index in [4.69, 9.17) is 0 Å². The highest BCUT2D eigenvalue weighted by Crippen LogP contribution is 2.43. The van der Waals surface area contributed by atoms with Crippen molar-refractivity contribution in [1.82, 2.24) is 10.2 Å². The molecule has 2 heterocycles. The third kappa shape index (κ3) is 5.22. The minimum Gasteiger partial charge on any atom is -0.508 e. The fourth-order valence-corrected chi connectivity index (χ4v) is 5.86. The Morgan fingerprint density at radius 2 is 1.79 bits per heavy atom. The van der Waals surface area contributed by atoms with Gasteiger partial charge < -0.3 is 10.2 Å². The van der Waals surface area contributed by atoms with Gasteiger partial charge in [0.1, 0.15) is 11.6 Å². The topological polar surface area (TPSA) is 104 Å². The molecule has 0 radical (unpaired) electrons. The van der Waals surface area contributed by atoms with Crippen LogP contribution in [0.1, 0.15) is 22.7 Å². The summed E-state index contributed by atoms with van der Waals surface area (Å²) in [5, 5.41) is 29.3. The number of hydrogen-bond donors (Lipinski definition) is 2. The zero-order chi connectivity index (χ0) is 26.6. The maximum atomic E-state index is 14.0. The maximum absolute atomic E-state index is 14.0. The summed E-state index contributed by atoms with van der Waals surface area (Å²) in [6, 6.07) is 20.6. The molecule has 1 aliphatic rings.